The first-order valence-electron chi connectivity index (χ1n) is 9.79. The summed E-state index contributed by atoms with van der Waals surface area (Å²) in [4.78, 5) is 17.0. The standard InChI is InChI=1S/C22H27F2N3O2/c1-26-13-14-27(20(15-26)18-5-3-2-4-6-18)16-21(28)25-12-11-17-7-9-19(10-8-17)29-22(23)24/h2-10,20,22H,11-16H2,1H3,(H,25,28). The van der Waals surface area contributed by atoms with Crippen LogP contribution in [0.3, 0.4) is 0 Å². The molecule has 1 unspecified atom stereocenters. The molecule has 7 heteroatoms. The summed E-state index contributed by atoms with van der Waals surface area (Å²) in [6, 6.07) is 17.0. The lowest BCUT2D eigenvalue weighted by atomic mass is 10.0. The Balaban J connectivity index is 1.48. The third-order valence-electron chi connectivity index (χ3n) is 5.11. The van der Waals surface area contributed by atoms with Gasteiger partial charge in [-0.25, -0.2) is 0 Å². The maximum Gasteiger partial charge on any atom is 0.387 e. The summed E-state index contributed by atoms with van der Waals surface area (Å²) in [6.07, 6.45) is 0.631. The van der Waals surface area contributed by atoms with Gasteiger partial charge in [-0.3, -0.25) is 9.69 Å². The number of nitrogens with one attached hydrogen (secondary N) is 1. The number of halogens is 2. The second-order valence-corrected chi connectivity index (χ2v) is 7.28. The summed E-state index contributed by atoms with van der Waals surface area (Å²) in [5.74, 6) is 0.128. The molecule has 0 spiro atoms. The Kier molecular flexibility index (Phi) is 7.55. The van der Waals surface area contributed by atoms with Crippen LogP contribution in [-0.2, 0) is 11.2 Å². The summed E-state index contributed by atoms with van der Waals surface area (Å²) >= 11 is 0. The lowest BCUT2D eigenvalue weighted by molar-refractivity contribution is -0.123. The summed E-state index contributed by atoms with van der Waals surface area (Å²) in [5, 5.41) is 2.96. The molecular formula is C22H27F2N3O2. The number of amides is 1. The summed E-state index contributed by atoms with van der Waals surface area (Å²) in [7, 11) is 2.10. The SMILES string of the molecule is CN1CCN(CC(=O)NCCc2ccc(OC(F)F)cc2)C(c2ccccc2)C1. The zero-order valence-electron chi connectivity index (χ0n) is 16.6. The maximum atomic E-state index is 12.5. The molecule has 1 amide bonds. The van der Waals surface area contributed by atoms with Gasteiger partial charge >= 0.3 is 6.61 Å². The highest BCUT2D eigenvalue weighted by Crippen LogP contribution is 2.24. The fraction of sp³-hybridized carbons (Fsp3) is 0.409. The van der Waals surface area contributed by atoms with Gasteiger partial charge in [0, 0.05) is 32.2 Å². The van der Waals surface area contributed by atoms with Gasteiger partial charge in [-0.15, -0.1) is 0 Å². The molecule has 156 valence electrons. The third-order valence-corrected chi connectivity index (χ3v) is 5.11. The van der Waals surface area contributed by atoms with Gasteiger partial charge in [0.15, 0.2) is 0 Å². The Hall–Kier alpha value is -2.51. The average molecular weight is 403 g/mol. The van der Waals surface area contributed by atoms with Crippen molar-refractivity contribution < 1.29 is 18.3 Å². The Morgan fingerprint density at radius 2 is 1.86 bits per heavy atom. The normalized spacial score (nSPS) is 18.0. The van der Waals surface area contributed by atoms with Crippen LogP contribution in [0.25, 0.3) is 0 Å². The molecule has 1 aliphatic rings. The highest BCUT2D eigenvalue weighted by molar-refractivity contribution is 5.78. The van der Waals surface area contributed by atoms with Crippen molar-refractivity contribution >= 4 is 5.91 Å². The number of piperazine rings is 1. The fourth-order valence-corrected chi connectivity index (χ4v) is 3.56. The van der Waals surface area contributed by atoms with Gasteiger partial charge in [0.2, 0.25) is 5.91 Å². The largest absolute Gasteiger partial charge is 0.435 e. The molecule has 1 fully saturated rings. The van der Waals surface area contributed by atoms with Crippen LogP contribution in [0.1, 0.15) is 17.2 Å². The molecular weight excluding hydrogens is 376 g/mol. The van der Waals surface area contributed by atoms with E-state index in [0.717, 1.165) is 25.2 Å². The molecule has 1 saturated heterocycles. The van der Waals surface area contributed by atoms with Gasteiger partial charge < -0.3 is 15.0 Å². The number of benzene rings is 2. The van der Waals surface area contributed by atoms with E-state index in [2.05, 4.69) is 39.0 Å². The average Bonchev–Trinajstić information content (AvgIpc) is 2.71. The highest BCUT2D eigenvalue weighted by Gasteiger charge is 2.27. The zero-order valence-corrected chi connectivity index (χ0v) is 16.6. The molecule has 1 atom stereocenters. The van der Waals surface area contributed by atoms with Crippen LogP contribution in [0.15, 0.2) is 54.6 Å². The van der Waals surface area contributed by atoms with E-state index in [1.165, 1.54) is 17.7 Å². The minimum atomic E-state index is -2.82. The summed E-state index contributed by atoms with van der Waals surface area (Å²) < 4.78 is 28.7. The Morgan fingerprint density at radius 1 is 1.14 bits per heavy atom. The van der Waals surface area contributed by atoms with Crippen molar-refractivity contribution in [2.75, 3.05) is 39.8 Å². The van der Waals surface area contributed by atoms with E-state index in [1.807, 2.05) is 18.2 Å². The lowest BCUT2D eigenvalue weighted by Gasteiger charge is -2.39. The van der Waals surface area contributed by atoms with Crippen molar-refractivity contribution in [1.82, 2.24) is 15.1 Å². The van der Waals surface area contributed by atoms with E-state index < -0.39 is 6.61 Å². The van der Waals surface area contributed by atoms with Gasteiger partial charge in [-0.05, 0) is 36.7 Å². The van der Waals surface area contributed by atoms with Crippen molar-refractivity contribution in [1.29, 1.82) is 0 Å². The molecule has 1 N–H and O–H groups in total. The van der Waals surface area contributed by atoms with Crippen molar-refractivity contribution in [2.45, 2.75) is 19.1 Å². The van der Waals surface area contributed by atoms with Crippen molar-refractivity contribution in [2.24, 2.45) is 0 Å². The number of carbonyl (C=O) groups is 1. The molecule has 0 bridgehead atoms. The van der Waals surface area contributed by atoms with Crippen LogP contribution in [-0.4, -0.2) is 62.1 Å². The zero-order chi connectivity index (χ0) is 20.6. The van der Waals surface area contributed by atoms with Gasteiger partial charge in [-0.1, -0.05) is 42.5 Å². The smallest absolute Gasteiger partial charge is 0.387 e. The number of hydrogen-bond donors (Lipinski definition) is 1. The maximum absolute atomic E-state index is 12.5. The lowest BCUT2D eigenvalue weighted by Crippen LogP contribution is -2.50. The van der Waals surface area contributed by atoms with Crippen LogP contribution in [0.4, 0.5) is 8.78 Å². The van der Waals surface area contributed by atoms with E-state index in [9.17, 15) is 13.6 Å². The molecule has 0 radical (unpaired) electrons. The van der Waals surface area contributed by atoms with E-state index in [0.29, 0.717) is 19.5 Å². The molecule has 29 heavy (non-hydrogen) atoms. The van der Waals surface area contributed by atoms with Crippen LogP contribution < -0.4 is 10.1 Å². The molecule has 5 nitrogen and oxygen atoms in total. The number of likely N-dealkylation sites (N-methyl/N-ethyl adjacent to an activating group) is 1. The topological polar surface area (TPSA) is 44.8 Å². The third kappa shape index (κ3) is 6.51. The van der Waals surface area contributed by atoms with Gasteiger partial charge in [0.25, 0.3) is 0 Å². The molecule has 2 aromatic rings. The Morgan fingerprint density at radius 3 is 2.55 bits per heavy atom. The molecule has 1 heterocycles. The molecule has 2 aromatic carbocycles. The number of hydrogen-bond acceptors (Lipinski definition) is 4. The summed E-state index contributed by atoms with van der Waals surface area (Å²) in [5.41, 5.74) is 2.17. The predicted molar refractivity (Wildman–Crippen MR) is 108 cm³/mol. The first-order chi connectivity index (χ1) is 14.0. The van der Waals surface area contributed by atoms with E-state index in [-0.39, 0.29) is 17.7 Å². The number of carbonyl (C=O) groups excluding carboxylic acids is 1. The van der Waals surface area contributed by atoms with Gasteiger partial charge in [0.1, 0.15) is 5.75 Å². The van der Waals surface area contributed by atoms with E-state index >= 15 is 0 Å². The van der Waals surface area contributed by atoms with E-state index in [4.69, 9.17) is 0 Å². The molecule has 3 rings (SSSR count). The highest BCUT2D eigenvalue weighted by atomic mass is 19.3. The minimum absolute atomic E-state index is 0.00635. The summed E-state index contributed by atoms with van der Waals surface area (Å²) in [6.45, 7) is 0.698. The Bertz CT molecular complexity index is 771. The molecule has 1 aliphatic heterocycles. The van der Waals surface area contributed by atoms with Crippen LogP contribution >= 0.6 is 0 Å². The van der Waals surface area contributed by atoms with E-state index in [1.54, 1.807) is 12.1 Å². The number of nitrogens with zero attached hydrogens (tertiary/aromatic N) is 2. The molecule has 0 aromatic heterocycles. The minimum Gasteiger partial charge on any atom is -0.435 e. The van der Waals surface area contributed by atoms with Gasteiger partial charge in [0.05, 0.1) is 6.54 Å². The quantitative estimate of drug-likeness (QED) is 0.736. The second kappa shape index (κ2) is 10.3. The van der Waals surface area contributed by atoms with Crippen molar-refractivity contribution in [3.8, 4) is 5.75 Å². The second-order valence-electron chi connectivity index (χ2n) is 7.28. The van der Waals surface area contributed by atoms with Crippen molar-refractivity contribution in [3.63, 3.8) is 0 Å². The van der Waals surface area contributed by atoms with Crippen LogP contribution in [0.5, 0.6) is 5.75 Å². The Labute approximate surface area is 170 Å². The number of rotatable bonds is 8. The first-order valence-corrected chi connectivity index (χ1v) is 9.79. The molecule has 0 aliphatic carbocycles. The fourth-order valence-electron chi connectivity index (χ4n) is 3.56. The van der Waals surface area contributed by atoms with Gasteiger partial charge in [-0.2, -0.15) is 8.78 Å². The first kappa shape index (κ1) is 21.2. The monoisotopic (exact) mass is 403 g/mol. The number of ether oxygens (including phenoxy) is 1. The van der Waals surface area contributed by atoms with Crippen LogP contribution in [0.2, 0.25) is 0 Å². The number of alkyl halides is 2. The predicted octanol–water partition coefficient (Wildman–Crippen LogP) is 2.94. The van der Waals surface area contributed by atoms with Crippen LogP contribution in [0, 0.1) is 0 Å². The van der Waals surface area contributed by atoms with Crippen molar-refractivity contribution in [3.05, 3.63) is 65.7 Å². The molecule has 0 saturated carbocycles.